The monoisotopic (exact) mass is 379 g/mol. The smallest absolute Gasteiger partial charge is 0.257 e. The number of hydrogen-bond acceptors (Lipinski definition) is 4. The summed E-state index contributed by atoms with van der Waals surface area (Å²) >= 11 is 1.70. The van der Waals surface area contributed by atoms with Crippen molar-refractivity contribution in [2.45, 2.75) is 4.90 Å². The van der Waals surface area contributed by atoms with Crippen LogP contribution >= 0.6 is 11.8 Å². The summed E-state index contributed by atoms with van der Waals surface area (Å²) in [5.41, 5.74) is 3.33. The van der Waals surface area contributed by atoms with E-state index in [1.165, 1.54) is 4.90 Å². The van der Waals surface area contributed by atoms with Gasteiger partial charge in [0.05, 0.1) is 29.8 Å². The van der Waals surface area contributed by atoms with Crippen LogP contribution in [0.5, 0.6) is 0 Å². The number of thioether (sulfide) groups is 1. The minimum Gasteiger partial charge on any atom is -0.378 e. The highest BCUT2D eigenvalue weighted by molar-refractivity contribution is 7.98. The maximum Gasteiger partial charge on any atom is 0.257 e. The molecule has 1 amide bonds. The van der Waals surface area contributed by atoms with Crippen LogP contribution in [0.3, 0.4) is 0 Å². The average molecular weight is 379 g/mol. The van der Waals surface area contributed by atoms with Gasteiger partial charge in [-0.2, -0.15) is 0 Å². The van der Waals surface area contributed by atoms with Crippen LogP contribution in [-0.4, -0.2) is 53.3 Å². The van der Waals surface area contributed by atoms with Crippen molar-refractivity contribution in [1.82, 2.24) is 14.9 Å². The number of H-pyrrole nitrogens is 1. The van der Waals surface area contributed by atoms with Gasteiger partial charge in [-0.15, -0.1) is 11.8 Å². The Balaban J connectivity index is 1.75. The van der Waals surface area contributed by atoms with E-state index in [-0.39, 0.29) is 5.91 Å². The molecule has 5 nitrogen and oxygen atoms in total. The average Bonchev–Trinajstić information content (AvgIpc) is 3.16. The Labute approximate surface area is 162 Å². The molecule has 1 saturated heterocycles. The number of imidazole rings is 1. The molecule has 0 radical (unpaired) electrons. The highest BCUT2D eigenvalue weighted by Gasteiger charge is 2.24. The summed E-state index contributed by atoms with van der Waals surface area (Å²) in [7, 11) is 0. The number of amides is 1. The van der Waals surface area contributed by atoms with Crippen molar-refractivity contribution in [3.05, 3.63) is 59.9 Å². The maximum atomic E-state index is 13.2. The van der Waals surface area contributed by atoms with Gasteiger partial charge >= 0.3 is 0 Å². The number of benzene rings is 2. The second kappa shape index (κ2) is 7.98. The number of morpholine rings is 1. The highest BCUT2D eigenvalue weighted by atomic mass is 32.2. The molecule has 0 saturated carbocycles. The second-order valence-corrected chi connectivity index (χ2v) is 7.22. The van der Waals surface area contributed by atoms with Crippen molar-refractivity contribution in [1.29, 1.82) is 0 Å². The Bertz CT molecular complexity index is 940. The van der Waals surface area contributed by atoms with E-state index >= 15 is 0 Å². The number of rotatable bonds is 4. The summed E-state index contributed by atoms with van der Waals surface area (Å²) in [5.74, 6) is 0.577. The predicted molar refractivity (Wildman–Crippen MR) is 110 cm³/mol. The molecule has 1 aliphatic rings. The summed E-state index contributed by atoms with van der Waals surface area (Å²) < 4.78 is 5.39. The zero-order valence-electron chi connectivity index (χ0n) is 15.1. The molecule has 1 N–H and O–H groups in total. The summed E-state index contributed by atoms with van der Waals surface area (Å²) in [6.07, 6.45) is 3.96. The SMILES string of the molecule is CSc1ccc(C=C(C(=O)N2CCOCC2)c2nc3ccccc3[nH]2)cc1. The van der Waals surface area contributed by atoms with E-state index in [2.05, 4.69) is 22.1 Å². The first-order chi connectivity index (χ1) is 13.2. The zero-order valence-corrected chi connectivity index (χ0v) is 16.0. The van der Waals surface area contributed by atoms with Gasteiger partial charge in [0.1, 0.15) is 5.82 Å². The summed E-state index contributed by atoms with van der Waals surface area (Å²) in [6.45, 7) is 2.34. The number of hydrogen-bond donors (Lipinski definition) is 1. The number of carbonyl (C=O) groups excluding carboxylic acids is 1. The lowest BCUT2D eigenvalue weighted by Crippen LogP contribution is -2.41. The molecule has 0 bridgehead atoms. The molecule has 3 aromatic rings. The van der Waals surface area contributed by atoms with Crippen LogP contribution in [0.15, 0.2) is 53.4 Å². The van der Waals surface area contributed by atoms with Crippen LogP contribution in [0.25, 0.3) is 22.7 Å². The number of ether oxygens (including phenoxy) is 1. The molecule has 0 unspecified atom stereocenters. The molecule has 1 fully saturated rings. The van der Waals surface area contributed by atoms with E-state index in [1.54, 1.807) is 11.8 Å². The van der Waals surface area contributed by atoms with Gasteiger partial charge in [0.15, 0.2) is 0 Å². The van der Waals surface area contributed by atoms with Crippen molar-refractivity contribution in [2.24, 2.45) is 0 Å². The van der Waals surface area contributed by atoms with Gasteiger partial charge in [-0.3, -0.25) is 4.79 Å². The Morgan fingerprint density at radius 3 is 2.59 bits per heavy atom. The molecule has 27 heavy (non-hydrogen) atoms. The molecule has 2 heterocycles. The van der Waals surface area contributed by atoms with Crippen LogP contribution in [-0.2, 0) is 9.53 Å². The van der Waals surface area contributed by atoms with Gasteiger partial charge in [0, 0.05) is 18.0 Å². The summed E-state index contributed by atoms with van der Waals surface area (Å²) in [5, 5.41) is 0. The van der Waals surface area contributed by atoms with E-state index in [0.717, 1.165) is 16.6 Å². The third-order valence-electron chi connectivity index (χ3n) is 4.60. The number of para-hydroxylation sites is 2. The zero-order chi connectivity index (χ0) is 18.6. The van der Waals surface area contributed by atoms with Crippen molar-refractivity contribution in [3.63, 3.8) is 0 Å². The van der Waals surface area contributed by atoms with Crippen LogP contribution < -0.4 is 0 Å². The quantitative estimate of drug-likeness (QED) is 0.555. The van der Waals surface area contributed by atoms with Gasteiger partial charge in [0.25, 0.3) is 5.91 Å². The molecule has 0 aliphatic carbocycles. The minimum absolute atomic E-state index is 0.0219. The molecule has 1 aromatic heterocycles. The Hall–Kier alpha value is -2.57. The van der Waals surface area contributed by atoms with Crippen molar-refractivity contribution in [2.75, 3.05) is 32.6 Å². The molecule has 0 atom stereocenters. The number of aromatic nitrogens is 2. The first-order valence-electron chi connectivity index (χ1n) is 8.92. The van der Waals surface area contributed by atoms with Crippen LogP contribution in [0, 0.1) is 0 Å². The lowest BCUT2D eigenvalue weighted by atomic mass is 10.1. The second-order valence-electron chi connectivity index (χ2n) is 6.34. The molecule has 2 aromatic carbocycles. The number of aromatic amines is 1. The van der Waals surface area contributed by atoms with Crippen LogP contribution in [0.1, 0.15) is 11.4 Å². The van der Waals surface area contributed by atoms with Crippen molar-refractivity contribution in [3.8, 4) is 0 Å². The van der Waals surface area contributed by atoms with Crippen molar-refractivity contribution < 1.29 is 9.53 Å². The third kappa shape index (κ3) is 3.91. The fourth-order valence-electron chi connectivity index (χ4n) is 3.12. The van der Waals surface area contributed by atoms with Gasteiger partial charge in [-0.05, 0) is 42.2 Å². The lowest BCUT2D eigenvalue weighted by Gasteiger charge is -2.27. The molecule has 6 heteroatoms. The van der Waals surface area contributed by atoms with E-state index in [9.17, 15) is 4.79 Å². The van der Waals surface area contributed by atoms with E-state index < -0.39 is 0 Å². The molecule has 1 aliphatic heterocycles. The number of carbonyl (C=O) groups is 1. The van der Waals surface area contributed by atoms with Gasteiger partial charge < -0.3 is 14.6 Å². The summed E-state index contributed by atoms with van der Waals surface area (Å²) in [6, 6.07) is 16.0. The topological polar surface area (TPSA) is 58.2 Å². The molecule has 4 rings (SSSR count). The van der Waals surface area contributed by atoms with E-state index in [1.807, 2.05) is 53.6 Å². The first kappa shape index (κ1) is 17.8. The maximum absolute atomic E-state index is 13.2. The normalized spacial score (nSPS) is 15.3. The van der Waals surface area contributed by atoms with Crippen LogP contribution in [0.4, 0.5) is 0 Å². The molecule has 0 spiro atoms. The van der Waals surface area contributed by atoms with E-state index in [4.69, 9.17) is 4.74 Å². The fourth-order valence-corrected chi connectivity index (χ4v) is 3.52. The number of fused-ring (bicyclic) bond motifs is 1. The minimum atomic E-state index is -0.0219. The molecular weight excluding hydrogens is 358 g/mol. The first-order valence-corrected chi connectivity index (χ1v) is 10.1. The van der Waals surface area contributed by atoms with Gasteiger partial charge in [-0.25, -0.2) is 4.98 Å². The number of nitrogens with one attached hydrogen (secondary N) is 1. The highest BCUT2D eigenvalue weighted by Crippen LogP contribution is 2.23. The Kier molecular flexibility index (Phi) is 5.27. The Morgan fingerprint density at radius 1 is 1.15 bits per heavy atom. The van der Waals surface area contributed by atoms with E-state index in [0.29, 0.717) is 37.7 Å². The predicted octanol–water partition coefficient (Wildman–Crippen LogP) is 3.68. The van der Waals surface area contributed by atoms with Gasteiger partial charge in [-0.1, -0.05) is 24.3 Å². The fraction of sp³-hybridized carbons (Fsp3) is 0.238. The van der Waals surface area contributed by atoms with Gasteiger partial charge in [0.2, 0.25) is 0 Å². The third-order valence-corrected chi connectivity index (χ3v) is 5.34. The Morgan fingerprint density at radius 2 is 1.89 bits per heavy atom. The standard InChI is InChI=1S/C21H21N3O2S/c1-27-16-8-6-15(7-9-16)14-17(21(25)24-10-12-26-13-11-24)20-22-18-4-2-3-5-19(18)23-20/h2-9,14H,10-13H2,1H3,(H,22,23). The number of nitrogens with zero attached hydrogens (tertiary/aromatic N) is 2. The lowest BCUT2D eigenvalue weighted by molar-refractivity contribution is -0.128. The van der Waals surface area contributed by atoms with Crippen molar-refractivity contribution >= 4 is 40.4 Å². The van der Waals surface area contributed by atoms with Crippen LogP contribution in [0.2, 0.25) is 0 Å². The largest absolute Gasteiger partial charge is 0.378 e. The summed E-state index contributed by atoms with van der Waals surface area (Å²) in [4.78, 5) is 24.2. The molecular formula is C21H21N3O2S. The molecule has 138 valence electrons.